The minimum atomic E-state index is 0.373. The van der Waals surface area contributed by atoms with Crippen molar-refractivity contribution in [2.75, 3.05) is 0 Å². The molecule has 1 heteroatoms. The summed E-state index contributed by atoms with van der Waals surface area (Å²) in [6.45, 7) is 7.46. The highest BCUT2D eigenvalue weighted by Gasteiger charge is 2.04. The first-order valence-corrected chi connectivity index (χ1v) is 8.37. The molecule has 0 heterocycles. The third-order valence-corrected chi connectivity index (χ3v) is 3.84. The second kappa shape index (κ2) is 9.94. The fourth-order valence-corrected chi connectivity index (χ4v) is 2.51. The standard InChI is InChI=1S/C24H24O/c1-3-11-20(4-2)14-8-16-22-18-10-19-23(24(22)25)17-9-15-21-12-6-5-7-13-21/h3-15,18-19,25H,1-2,16-17H2/b14-8+,15-9+,20-11+. The van der Waals surface area contributed by atoms with Gasteiger partial charge in [-0.2, -0.15) is 0 Å². The van der Waals surface area contributed by atoms with Gasteiger partial charge in [0, 0.05) is 0 Å². The van der Waals surface area contributed by atoms with Crippen molar-refractivity contribution < 1.29 is 5.11 Å². The number of hydrogen-bond donors (Lipinski definition) is 1. The van der Waals surface area contributed by atoms with E-state index >= 15 is 0 Å². The van der Waals surface area contributed by atoms with Crippen LogP contribution >= 0.6 is 0 Å². The molecule has 0 saturated heterocycles. The van der Waals surface area contributed by atoms with Gasteiger partial charge in [-0.1, -0.05) is 104 Å². The Balaban J connectivity index is 2.05. The molecule has 0 aliphatic carbocycles. The van der Waals surface area contributed by atoms with Crippen molar-refractivity contribution in [3.05, 3.63) is 120 Å². The van der Waals surface area contributed by atoms with Gasteiger partial charge in [-0.05, 0) is 35.1 Å². The number of benzene rings is 2. The van der Waals surface area contributed by atoms with Crippen LogP contribution in [0.5, 0.6) is 5.75 Å². The van der Waals surface area contributed by atoms with Gasteiger partial charge in [0.25, 0.3) is 0 Å². The van der Waals surface area contributed by atoms with Gasteiger partial charge in [0.05, 0.1) is 0 Å². The Hall–Kier alpha value is -3.06. The van der Waals surface area contributed by atoms with Crippen LogP contribution in [-0.4, -0.2) is 5.11 Å². The predicted molar refractivity (Wildman–Crippen MR) is 109 cm³/mol. The molecular weight excluding hydrogens is 304 g/mol. The molecular formula is C24H24O. The number of phenolic OH excluding ortho intramolecular Hbond substituents is 1. The van der Waals surface area contributed by atoms with Crippen LogP contribution in [0.25, 0.3) is 6.08 Å². The topological polar surface area (TPSA) is 20.2 Å². The van der Waals surface area contributed by atoms with Crippen molar-refractivity contribution >= 4 is 6.08 Å². The van der Waals surface area contributed by atoms with Crippen LogP contribution < -0.4 is 0 Å². The van der Waals surface area contributed by atoms with E-state index in [1.807, 2.05) is 54.6 Å². The fraction of sp³-hybridized carbons (Fsp3) is 0.0833. The average molecular weight is 328 g/mol. The number of phenols is 1. The van der Waals surface area contributed by atoms with Gasteiger partial charge in [0.2, 0.25) is 0 Å². The lowest BCUT2D eigenvalue weighted by molar-refractivity contribution is 0.464. The zero-order chi connectivity index (χ0) is 17.9. The van der Waals surface area contributed by atoms with E-state index in [1.165, 1.54) is 0 Å². The molecule has 2 aromatic rings. The van der Waals surface area contributed by atoms with Crippen LogP contribution in [0.15, 0.2) is 104 Å². The summed E-state index contributed by atoms with van der Waals surface area (Å²) in [7, 11) is 0. The number of allylic oxidation sites excluding steroid dienone is 7. The Morgan fingerprint density at radius 1 is 0.880 bits per heavy atom. The molecule has 0 saturated carbocycles. The third kappa shape index (κ3) is 5.82. The monoisotopic (exact) mass is 328 g/mol. The zero-order valence-electron chi connectivity index (χ0n) is 14.4. The molecule has 0 atom stereocenters. The molecule has 1 N–H and O–H groups in total. The van der Waals surface area contributed by atoms with Crippen LogP contribution in [0, 0.1) is 0 Å². The molecule has 0 aromatic heterocycles. The van der Waals surface area contributed by atoms with E-state index in [0.29, 0.717) is 18.6 Å². The molecule has 2 aromatic carbocycles. The molecule has 1 nitrogen and oxygen atoms in total. The SMILES string of the molecule is C=C/C=C(C=C)/C=C/Cc1cccc(C/C=C/c2ccccc2)c1O. The average Bonchev–Trinajstić information content (AvgIpc) is 2.64. The molecule has 0 spiro atoms. The molecule has 0 fully saturated rings. The summed E-state index contributed by atoms with van der Waals surface area (Å²) in [5, 5.41) is 10.5. The number of aromatic hydroxyl groups is 1. The van der Waals surface area contributed by atoms with Crippen molar-refractivity contribution in [1.82, 2.24) is 0 Å². The van der Waals surface area contributed by atoms with Gasteiger partial charge >= 0.3 is 0 Å². The maximum Gasteiger partial charge on any atom is 0.122 e. The quantitative estimate of drug-likeness (QED) is 0.585. The van der Waals surface area contributed by atoms with E-state index in [0.717, 1.165) is 22.3 Å². The van der Waals surface area contributed by atoms with Gasteiger partial charge in [0.1, 0.15) is 5.75 Å². The fourth-order valence-electron chi connectivity index (χ4n) is 2.51. The Kier molecular flexibility index (Phi) is 7.27. The van der Waals surface area contributed by atoms with Crippen LogP contribution in [0.4, 0.5) is 0 Å². The van der Waals surface area contributed by atoms with Crippen molar-refractivity contribution in [3.63, 3.8) is 0 Å². The minimum absolute atomic E-state index is 0.373. The smallest absolute Gasteiger partial charge is 0.122 e. The van der Waals surface area contributed by atoms with Crippen molar-refractivity contribution in [2.24, 2.45) is 0 Å². The normalized spacial score (nSPS) is 11.9. The molecule has 0 amide bonds. The van der Waals surface area contributed by atoms with Gasteiger partial charge in [-0.25, -0.2) is 0 Å². The van der Waals surface area contributed by atoms with Gasteiger partial charge < -0.3 is 5.11 Å². The first-order chi connectivity index (χ1) is 12.2. The number of rotatable bonds is 8. The van der Waals surface area contributed by atoms with Crippen molar-refractivity contribution in [2.45, 2.75) is 12.8 Å². The molecule has 2 rings (SSSR count). The minimum Gasteiger partial charge on any atom is -0.507 e. The molecule has 0 aliphatic heterocycles. The maximum atomic E-state index is 10.5. The predicted octanol–water partition coefficient (Wildman–Crippen LogP) is 6.05. The highest BCUT2D eigenvalue weighted by molar-refractivity contribution is 5.51. The van der Waals surface area contributed by atoms with Crippen molar-refractivity contribution in [1.29, 1.82) is 0 Å². The molecule has 25 heavy (non-hydrogen) atoms. The van der Waals surface area contributed by atoms with Crippen LogP contribution in [-0.2, 0) is 12.8 Å². The largest absolute Gasteiger partial charge is 0.507 e. The van der Waals surface area contributed by atoms with E-state index in [2.05, 4.69) is 37.4 Å². The first-order valence-electron chi connectivity index (χ1n) is 8.37. The van der Waals surface area contributed by atoms with Gasteiger partial charge in [-0.3, -0.25) is 0 Å². The lowest BCUT2D eigenvalue weighted by atomic mass is 10.0. The lowest BCUT2D eigenvalue weighted by Gasteiger charge is -2.07. The molecule has 0 radical (unpaired) electrons. The Morgan fingerprint density at radius 2 is 1.56 bits per heavy atom. The van der Waals surface area contributed by atoms with E-state index in [1.54, 1.807) is 12.2 Å². The van der Waals surface area contributed by atoms with E-state index in [-0.39, 0.29) is 0 Å². The summed E-state index contributed by atoms with van der Waals surface area (Å²) in [5.41, 5.74) is 4.01. The molecule has 0 bridgehead atoms. The molecule has 126 valence electrons. The number of hydrogen-bond acceptors (Lipinski definition) is 1. The van der Waals surface area contributed by atoms with Crippen LogP contribution in [0.1, 0.15) is 16.7 Å². The Bertz CT molecular complexity index is 792. The van der Waals surface area contributed by atoms with Gasteiger partial charge in [0.15, 0.2) is 0 Å². The van der Waals surface area contributed by atoms with Crippen molar-refractivity contribution in [3.8, 4) is 5.75 Å². The van der Waals surface area contributed by atoms with E-state index in [9.17, 15) is 5.11 Å². The van der Waals surface area contributed by atoms with Crippen LogP contribution in [0.3, 0.4) is 0 Å². The van der Waals surface area contributed by atoms with E-state index < -0.39 is 0 Å². The number of para-hydroxylation sites is 1. The second-order valence-corrected chi connectivity index (χ2v) is 5.66. The van der Waals surface area contributed by atoms with E-state index in [4.69, 9.17) is 0 Å². The summed E-state index contributed by atoms with van der Waals surface area (Å²) >= 11 is 0. The highest BCUT2D eigenvalue weighted by atomic mass is 16.3. The first kappa shape index (κ1) is 18.3. The third-order valence-electron chi connectivity index (χ3n) is 3.84. The van der Waals surface area contributed by atoms with Gasteiger partial charge in [-0.15, -0.1) is 0 Å². The Morgan fingerprint density at radius 3 is 2.20 bits per heavy atom. The van der Waals surface area contributed by atoms with Crippen LogP contribution in [0.2, 0.25) is 0 Å². The zero-order valence-corrected chi connectivity index (χ0v) is 14.4. The lowest BCUT2D eigenvalue weighted by Crippen LogP contribution is -1.89. The summed E-state index contributed by atoms with van der Waals surface area (Å²) in [6.07, 6.45) is 14.9. The second-order valence-electron chi connectivity index (χ2n) is 5.66. The maximum absolute atomic E-state index is 10.5. The summed E-state index contributed by atoms with van der Waals surface area (Å²) in [5.74, 6) is 0.373. The summed E-state index contributed by atoms with van der Waals surface area (Å²) in [4.78, 5) is 0. The Labute approximate surface area is 150 Å². The molecule has 0 unspecified atom stereocenters. The summed E-state index contributed by atoms with van der Waals surface area (Å²) < 4.78 is 0. The summed E-state index contributed by atoms with van der Waals surface area (Å²) in [6, 6.07) is 16.1. The highest BCUT2D eigenvalue weighted by Crippen LogP contribution is 2.24. The molecule has 0 aliphatic rings.